The molecule has 0 aromatic rings. The van der Waals surface area contributed by atoms with Crippen LogP contribution in [0.2, 0.25) is 0 Å². The Morgan fingerprint density at radius 2 is 1.29 bits per heavy atom. The molecule has 4 heterocycles. The lowest BCUT2D eigenvalue weighted by Gasteiger charge is -2.66. The van der Waals surface area contributed by atoms with Crippen LogP contribution in [0.4, 0.5) is 0 Å². The van der Waals surface area contributed by atoms with Crippen LogP contribution in [0, 0.1) is 46.3 Å². The zero-order valence-corrected chi connectivity index (χ0v) is 32.6. The van der Waals surface area contributed by atoms with Gasteiger partial charge in [0.1, 0.15) is 48.8 Å². The van der Waals surface area contributed by atoms with E-state index in [4.69, 9.17) is 28.4 Å². The molecule has 4 aliphatic carbocycles. The summed E-state index contributed by atoms with van der Waals surface area (Å²) in [6.07, 6.45) is -15.5. The minimum atomic E-state index is -1.65. The summed E-state index contributed by atoms with van der Waals surface area (Å²) in [5.74, 6) is -1.01. The molecule has 322 valence electrons. The Hall–Kier alpha value is -0.680. The van der Waals surface area contributed by atoms with E-state index >= 15 is 0 Å². The summed E-state index contributed by atoms with van der Waals surface area (Å²) >= 11 is 0. The summed E-state index contributed by atoms with van der Waals surface area (Å²) in [6.45, 7) is 7.48. The van der Waals surface area contributed by atoms with Crippen LogP contribution in [0.25, 0.3) is 0 Å². The van der Waals surface area contributed by atoms with Gasteiger partial charge in [-0.2, -0.15) is 0 Å². The molecule has 0 radical (unpaired) electrons. The van der Waals surface area contributed by atoms with Crippen molar-refractivity contribution in [2.45, 2.75) is 176 Å². The van der Waals surface area contributed by atoms with Gasteiger partial charge in [-0.05, 0) is 61.2 Å². The maximum Gasteiger partial charge on any atom is 0.187 e. The molecule has 56 heavy (non-hydrogen) atoms. The van der Waals surface area contributed by atoms with Crippen molar-refractivity contribution in [3.8, 4) is 0 Å². The van der Waals surface area contributed by atoms with Crippen LogP contribution in [0.3, 0.4) is 0 Å². The molecule has 17 heteroatoms. The van der Waals surface area contributed by atoms with Crippen molar-refractivity contribution in [2.24, 2.45) is 46.3 Å². The fourth-order valence-corrected chi connectivity index (χ4v) is 13.3. The predicted octanol–water partition coefficient (Wildman–Crippen LogP) is -2.53. The van der Waals surface area contributed by atoms with Crippen molar-refractivity contribution in [1.82, 2.24) is 0 Å². The molecule has 0 aromatic heterocycles. The van der Waals surface area contributed by atoms with Crippen molar-refractivity contribution in [1.29, 1.82) is 0 Å². The minimum absolute atomic E-state index is 0.00379. The standard InChI is InChI=1S/C39H64O17/c1-15-14-51-39(11-22(15)52-34-32(48)30(46)28(44)24(12-40)54-34)16(2)27-21(56-39)8-19-17-7-26(43)38(50)9-20(42)23(10-37(38,4)18(17)5-6-36(19,27)3)53-35-33(49)31(47)29(45)25(13-41)55-35/h15-35,40-50H,5-14H2,1-4H3. The monoisotopic (exact) mass is 804 g/mol. The van der Waals surface area contributed by atoms with Gasteiger partial charge < -0.3 is 84.6 Å². The maximum atomic E-state index is 12.3. The molecule has 25 atom stereocenters. The largest absolute Gasteiger partial charge is 0.394 e. The van der Waals surface area contributed by atoms with Gasteiger partial charge in [-0.25, -0.2) is 0 Å². The Bertz CT molecular complexity index is 1420. The normalized spacial score (nSPS) is 61.0. The van der Waals surface area contributed by atoms with Crippen LogP contribution in [-0.4, -0.2) is 179 Å². The van der Waals surface area contributed by atoms with Crippen LogP contribution < -0.4 is 0 Å². The van der Waals surface area contributed by atoms with Crippen molar-refractivity contribution >= 4 is 0 Å². The fraction of sp³-hybridized carbons (Fsp3) is 1.00. The summed E-state index contributed by atoms with van der Waals surface area (Å²) in [5.41, 5.74) is -2.75. The first kappa shape index (κ1) is 42.0. The second kappa shape index (κ2) is 14.8. The summed E-state index contributed by atoms with van der Waals surface area (Å²) in [5, 5.41) is 118. The molecule has 1 spiro atoms. The molecule has 8 rings (SSSR count). The van der Waals surface area contributed by atoms with Crippen LogP contribution >= 0.6 is 0 Å². The highest BCUT2D eigenvalue weighted by molar-refractivity contribution is 5.21. The first-order chi connectivity index (χ1) is 26.3. The van der Waals surface area contributed by atoms with Gasteiger partial charge in [-0.3, -0.25) is 0 Å². The third kappa shape index (κ3) is 6.13. The number of aliphatic hydroxyl groups excluding tert-OH is 10. The summed E-state index contributed by atoms with van der Waals surface area (Å²) in [6, 6.07) is 0. The number of fused-ring (bicyclic) bond motifs is 7. The molecule has 0 bridgehead atoms. The van der Waals surface area contributed by atoms with Gasteiger partial charge in [0.15, 0.2) is 18.4 Å². The topological polar surface area (TPSA) is 278 Å². The quantitative estimate of drug-likeness (QED) is 0.124. The molecule has 17 nitrogen and oxygen atoms in total. The molecule has 4 aliphatic heterocycles. The van der Waals surface area contributed by atoms with Crippen molar-refractivity contribution in [3.05, 3.63) is 0 Å². The van der Waals surface area contributed by atoms with E-state index in [0.717, 1.165) is 12.8 Å². The molecule has 8 fully saturated rings. The van der Waals surface area contributed by atoms with Crippen LogP contribution in [0.1, 0.15) is 72.6 Å². The Balaban J connectivity index is 0.991. The molecule has 11 N–H and O–H groups in total. The number of hydrogen-bond acceptors (Lipinski definition) is 17. The molecule has 0 aromatic carbocycles. The summed E-state index contributed by atoms with van der Waals surface area (Å²) < 4.78 is 37.3. The first-order valence-electron chi connectivity index (χ1n) is 20.7. The van der Waals surface area contributed by atoms with E-state index in [1.165, 1.54) is 0 Å². The van der Waals surface area contributed by atoms with E-state index in [1.54, 1.807) is 0 Å². The van der Waals surface area contributed by atoms with E-state index in [2.05, 4.69) is 13.8 Å². The molecular weight excluding hydrogens is 740 g/mol. The zero-order chi connectivity index (χ0) is 40.4. The van der Waals surface area contributed by atoms with E-state index < -0.39 is 116 Å². The zero-order valence-electron chi connectivity index (χ0n) is 32.6. The van der Waals surface area contributed by atoms with Crippen LogP contribution in [0.15, 0.2) is 0 Å². The highest BCUT2D eigenvalue weighted by atomic mass is 16.7. The Morgan fingerprint density at radius 3 is 1.88 bits per heavy atom. The number of rotatable bonds is 6. The van der Waals surface area contributed by atoms with E-state index in [-0.39, 0.29) is 59.9 Å². The Kier molecular flexibility index (Phi) is 11.1. The lowest BCUT2D eigenvalue weighted by Crippen LogP contribution is -2.71. The van der Waals surface area contributed by atoms with Crippen molar-refractivity contribution in [2.75, 3.05) is 19.8 Å². The third-order valence-corrected chi connectivity index (χ3v) is 16.6. The van der Waals surface area contributed by atoms with E-state index in [9.17, 15) is 56.2 Å². The fourth-order valence-electron chi connectivity index (χ4n) is 13.3. The number of aliphatic hydroxyl groups is 11. The lowest BCUT2D eigenvalue weighted by molar-refractivity contribution is -0.345. The van der Waals surface area contributed by atoms with Gasteiger partial charge in [-0.15, -0.1) is 0 Å². The summed E-state index contributed by atoms with van der Waals surface area (Å²) in [7, 11) is 0. The van der Waals surface area contributed by atoms with Gasteiger partial charge in [0.25, 0.3) is 0 Å². The van der Waals surface area contributed by atoms with Crippen molar-refractivity contribution in [3.63, 3.8) is 0 Å². The second-order valence-electron chi connectivity index (χ2n) is 19.2. The lowest BCUT2D eigenvalue weighted by atomic mass is 9.42. The SMILES string of the molecule is CC1COC2(CC1OC1OC(CO)C(O)C(O)C1O)OC1CC3C4CC(O)C5(O)CC(O)C(OC6OC(CO)C(O)C(O)C6O)CC5(C)C4CCC3(C)C1C2C. The highest BCUT2D eigenvalue weighted by Gasteiger charge is 2.73. The molecule has 0 amide bonds. The maximum absolute atomic E-state index is 12.3. The Morgan fingerprint density at radius 1 is 0.696 bits per heavy atom. The van der Waals surface area contributed by atoms with Gasteiger partial charge in [0, 0.05) is 30.1 Å². The average Bonchev–Trinajstić information content (AvgIpc) is 3.60. The predicted molar refractivity (Wildman–Crippen MR) is 189 cm³/mol. The van der Waals surface area contributed by atoms with Gasteiger partial charge in [0.2, 0.25) is 0 Å². The van der Waals surface area contributed by atoms with E-state index in [0.29, 0.717) is 25.9 Å². The van der Waals surface area contributed by atoms with Crippen LogP contribution in [-0.2, 0) is 28.4 Å². The van der Waals surface area contributed by atoms with Gasteiger partial charge in [0.05, 0.1) is 55.9 Å². The van der Waals surface area contributed by atoms with E-state index in [1.807, 2.05) is 13.8 Å². The number of ether oxygens (including phenoxy) is 6. The third-order valence-electron chi connectivity index (χ3n) is 16.6. The second-order valence-corrected chi connectivity index (χ2v) is 19.2. The summed E-state index contributed by atoms with van der Waals surface area (Å²) in [4.78, 5) is 0. The number of hydrogen-bond donors (Lipinski definition) is 11. The average molecular weight is 805 g/mol. The first-order valence-corrected chi connectivity index (χ1v) is 20.7. The molecular formula is C39H64O17. The highest BCUT2D eigenvalue weighted by Crippen LogP contribution is 2.72. The van der Waals surface area contributed by atoms with Crippen LogP contribution in [0.5, 0.6) is 0 Å². The molecule has 8 aliphatic rings. The molecule has 25 unspecified atom stereocenters. The minimum Gasteiger partial charge on any atom is -0.394 e. The van der Waals surface area contributed by atoms with Gasteiger partial charge >= 0.3 is 0 Å². The Labute approximate surface area is 326 Å². The van der Waals surface area contributed by atoms with Crippen molar-refractivity contribution < 1.29 is 84.6 Å². The smallest absolute Gasteiger partial charge is 0.187 e. The van der Waals surface area contributed by atoms with Gasteiger partial charge in [-0.1, -0.05) is 27.7 Å². The molecule has 4 saturated carbocycles. The molecule has 4 saturated heterocycles.